The molecule has 0 aliphatic rings. The minimum Gasteiger partial charge on any atom is -0.452 e. The summed E-state index contributed by atoms with van der Waals surface area (Å²) in [4.78, 5) is 24.3. The molecule has 138 valence electrons. The molecule has 2 aromatic carbocycles. The maximum atomic E-state index is 12.2. The lowest BCUT2D eigenvalue weighted by Gasteiger charge is -2.15. The normalized spacial score (nSPS) is 11.8. The summed E-state index contributed by atoms with van der Waals surface area (Å²) < 4.78 is 5.20. The van der Waals surface area contributed by atoms with E-state index in [4.69, 9.17) is 39.5 Å². The number of amides is 1. The van der Waals surface area contributed by atoms with Gasteiger partial charge in [-0.15, -0.1) is 0 Å². The summed E-state index contributed by atoms with van der Waals surface area (Å²) in [7, 11) is 0. The number of halogens is 3. The van der Waals surface area contributed by atoms with E-state index < -0.39 is 18.0 Å². The van der Waals surface area contributed by atoms with Crippen molar-refractivity contribution < 1.29 is 14.3 Å². The Morgan fingerprint density at radius 3 is 2.23 bits per heavy atom. The molecular formula is C19H18Cl3NO3. The molecule has 4 nitrogen and oxygen atoms in total. The van der Waals surface area contributed by atoms with Gasteiger partial charge in [0.15, 0.2) is 6.10 Å². The van der Waals surface area contributed by atoms with E-state index in [9.17, 15) is 9.59 Å². The predicted octanol–water partition coefficient (Wildman–Crippen LogP) is 5.38. The summed E-state index contributed by atoms with van der Waals surface area (Å²) in [6.07, 6.45) is -0.918. The standard InChI is InChI=1S/C19H18Cl3NO3/c1-10-4-5-13(6-11(10)2)7-17(24)26-12(3)19(25)23-18-15(21)8-14(20)9-16(18)22/h4-6,8-9,12H,7H2,1-3H3,(H,23,25)/t12-/m1/s1. The molecule has 0 aromatic heterocycles. The third-order valence-electron chi connectivity index (χ3n) is 3.85. The van der Waals surface area contributed by atoms with Gasteiger partial charge in [-0.25, -0.2) is 0 Å². The molecule has 26 heavy (non-hydrogen) atoms. The number of anilines is 1. The van der Waals surface area contributed by atoms with Crippen LogP contribution in [0.3, 0.4) is 0 Å². The van der Waals surface area contributed by atoms with Gasteiger partial charge in [0.25, 0.3) is 5.91 Å². The highest BCUT2D eigenvalue weighted by Gasteiger charge is 2.20. The van der Waals surface area contributed by atoms with Gasteiger partial charge in [0.05, 0.1) is 22.2 Å². The highest BCUT2D eigenvalue weighted by atomic mass is 35.5. The first-order valence-electron chi connectivity index (χ1n) is 7.88. The zero-order chi connectivity index (χ0) is 19.4. The largest absolute Gasteiger partial charge is 0.452 e. The number of rotatable bonds is 5. The average molecular weight is 415 g/mol. The molecule has 0 unspecified atom stereocenters. The highest BCUT2D eigenvalue weighted by molar-refractivity contribution is 6.42. The van der Waals surface area contributed by atoms with Crippen molar-refractivity contribution in [3.05, 3.63) is 62.1 Å². The number of ether oxygens (including phenoxy) is 1. The smallest absolute Gasteiger partial charge is 0.311 e. The third-order valence-corrected chi connectivity index (χ3v) is 4.67. The number of aryl methyl sites for hydroxylation is 2. The van der Waals surface area contributed by atoms with E-state index in [1.807, 2.05) is 32.0 Å². The molecule has 1 atom stereocenters. The first-order chi connectivity index (χ1) is 12.2. The summed E-state index contributed by atoms with van der Waals surface area (Å²) in [5.74, 6) is -1.03. The van der Waals surface area contributed by atoms with Crippen LogP contribution in [-0.4, -0.2) is 18.0 Å². The number of hydrogen-bond donors (Lipinski definition) is 1. The molecule has 1 N–H and O–H groups in total. The molecule has 1 amide bonds. The van der Waals surface area contributed by atoms with Gasteiger partial charge in [-0.1, -0.05) is 53.0 Å². The van der Waals surface area contributed by atoms with Crippen molar-refractivity contribution in [1.82, 2.24) is 0 Å². The van der Waals surface area contributed by atoms with Crippen LogP contribution in [0.25, 0.3) is 0 Å². The van der Waals surface area contributed by atoms with Crippen LogP contribution in [0.1, 0.15) is 23.6 Å². The molecule has 2 aromatic rings. The fourth-order valence-corrected chi connectivity index (χ4v) is 3.17. The Morgan fingerprint density at radius 1 is 1.04 bits per heavy atom. The Balaban J connectivity index is 1.98. The van der Waals surface area contributed by atoms with Crippen molar-refractivity contribution >= 4 is 52.4 Å². The molecular weight excluding hydrogens is 397 g/mol. The molecule has 7 heteroatoms. The average Bonchev–Trinajstić information content (AvgIpc) is 2.54. The van der Waals surface area contributed by atoms with Crippen molar-refractivity contribution in [3.63, 3.8) is 0 Å². The number of hydrogen-bond acceptors (Lipinski definition) is 3. The van der Waals surface area contributed by atoms with Crippen molar-refractivity contribution in [2.75, 3.05) is 5.32 Å². The second-order valence-corrected chi connectivity index (χ2v) is 7.21. The Kier molecular flexibility index (Phi) is 6.93. The van der Waals surface area contributed by atoms with E-state index in [0.29, 0.717) is 5.02 Å². The van der Waals surface area contributed by atoms with E-state index in [0.717, 1.165) is 16.7 Å². The second kappa shape index (κ2) is 8.76. The van der Waals surface area contributed by atoms with Crippen molar-refractivity contribution in [2.24, 2.45) is 0 Å². The molecule has 0 saturated carbocycles. The van der Waals surface area contributed by atoms with E-state index in [-0.39, 0.29) is 22.2 Å². The van der Waals surface area contributed by atoms with Crippen LogP contribution < -0.4 is 5.32 Å². The lowest BCUT2D eigenvalue weighted by atomic mass is 10.0. The van der Waals surface area contributed by atoms with Gasteiger partial charge in [0.2, 0.25) is 0 Å². The van der Waals surface area contributed by atoms with Crippen LogP contribution in [0.15, 0.2) is 30.3 Å². The predicted molar refractivity (Wildman–Crippen MR) is 105 cm³/mol. The van der Waals surface area contributed by atoms with Gasteiger partial charge < -0.3 is 10.1 Å². The summed E-state index contributed by atoms with van der Waals surface area (Å²) in [6, 6.07) is 8.65. The fourth-order valence-electron chi connectivity index (χ4n) is 2.26. The first kappa shape index (κ1) is 20.6. The summed E-state index contributed by atoms with van der Waals surface area (Å²) in [5, 5.41) is 3.30. The fraction of sp³-hybridized carbons (Fsp3) is 0.263. The van der Waals surface area contributed by atoms with Gasteiger partial charge in [0.1, 0.15) is 0 Å². The summed E-state index contributed by atoms with van der Waals surface area (Å²) in [6.45, 7) is 5.45. The van der Waals surface area contributed by atoms with Crippen LogP contribution in [0, 0.1) is 13.8 Å². The highest BCUT2D eigenvalue weighted by Crippen LogP contribution is 2.33. The van der Waals surface area contributed by atoms with Crippen LogP contribution in [0.4, 0.5) is 5.69 Å². The van der Waals surface area contributed by atoms with Crippen molar-refractivity contribution in [3.8, 4) is 0 Å². The molecule has 0 aliphatic carbocycles. The third kappa shape index (κ3) is 5.37. The zero-order valence-electron chi connectivity index (χ0n) is 14.5. The maximum Gasteiger partial charge on any atom is 0.311 e. The molecule has 2 rings (SSSR count). The van der Waals surface area contributed by atoms with Crippen LogP contribution >= 0.6 is 34.8 Å². The number of carbonyl (C=O) groups is 2. The Morgan fingerprint density at radius 2 is 1.65 bits per heavy atom. The lowest BCUT2D eigenvalue weighted by Crippen LogP contribution is -2.30. The molecule has 0 bridgehead atoms. The quantitative estimate of drug-likeness (QED) is 0.669. The van der Waals surface area contributed by atoms with Crippen LogP contribution in [0.2, 0.25) is 15.1 Å². The summed E-state index contributed by atoms with van der Waals surface area (Å²) >= 11 is 17.9. The zero-order valence-corrected chi connectivity index (χ0v) is 16.8. The molecule has 0 fully saturated rings. The molecule has 0 radical (unpaired) electrons. The SMILES string of the molecule is Cc1ccc(CC(=O)O[C@H](C)C(=O)Nc2c(Cl)cc(Cl)cc2Cl)cc1C. The minimum atomic E-state index is -1.00. The molecule has 0 heterocycles. The van der Waals surface area contributed by atoms with E-state index >= 15 is 0 Å². The molecule has 0 saturated heterocycles. The number of carbonyl (C=O) groups excluding carboxylic acids is 2. The van der Waals surface area contributed by atoms with Crippen LogP contribution in [-0.2, 0) is 20.7 Å². The Hall–Kier alpha value is -1.75. The molecule has 0 spiro atoms. The van der Waals surface area contributed by atoms with E-state index in [1.165, 1.54) is 19.1 Å². The van der Waals surface area contributed by atoms with E-state index in [1.54, 1.807) is 0 Å². The molecule has 0 aliphatic heterocycles. The topological polar surface area (TPSA) is 55.4 Å². The number of benzene rings is 2. The summed E-state index contributed by atoms with van der Waals surface area (Å²) in [5.41, 5.74) is 3.29. The van der Waals surface area contributed by atoms with E-state index in [2.05, 4.69) is 5.32 Å². The Bertz CT molecular complexity index is 829. The van der Waals surface area contributed by atoms with Gasteiger partial charge in [-0.05, 0) is 49.6 Å². The monoisotopic (exact) mass is 413 g/mol. The first-order valence-corrected chi connectivity index (χ1v) is 9.01. The number of esters is 1. The van der Waals surface area contributed by atoms with Gasteiger partial charge in [-0.3, -0.25) is 9.59 Å². The second-order valence-electron chi connectivity index (χ2n) is 5.96. The van der Waals surface area contributed by atoms with Crippen molar-refractivity contribution in [2.45, 2.75) is 33.3 Å². The maximum absolute atomic E-state index is 12.2. The van der Waals surface area contributed by atoms with Gasteiger partial charge in [0, 0.05) is 5.02 Å². The van der Waals surface area contributed by atoms with Gasteiger partial charge >= 0.3 is 5.97 Å². The van der Waals surface area contributed by atoms with Crippen molar-refractivity contribution in [1.29, 1.82) is 0 Å². The number of nitrogens with one attached hydrogen (secondary N) is 1. The minimum absolute atomic E-state index is 0.0845. The lowest BCUT2D eigenvalue weighted by molar-refractivity contribution is -0.152. The van der Waals surface area contributed by atoms with Gasteiger partial charge in [-0.2, -0.15) is 0 Å². The van der Waals surface area contributed by atoms with Crippen LogP contribution in [0.5, 0.6) is 0 Å². The Labute approximate surface area is 167 Å².